The number of anilines is 1. The topological polar surface area (TPSA) is 59.2 Å². The smallest absolute Gasteiger partial charge is 0.228 e. The maximum absolute atomic E-state index is 12.3. The summed E-state index contributed by atoms with van der Waals surface area (Å²) in [5.74, 6) is 2.44. The number of amides is 1. The molecule has 5 heteroatoms. The van der Waals surface area contributed by atoms with E-state index in [2.05, 4.69) is 16.9 Å². The highest BCUT2D eigenvalue weighted by molar-refractivity contribution is 5.95. The lowest BCUT2D eigenvalue weighted by Gasteiger charge is -2.28. The molecule has 0 atom stereocenters. The van der Waals surface area contributed by atoms with Crippen LogP contribution in [0.15, 0.2) is 22.8 Å². The maximum Gasteiger partial charge on any atom is 0.228 e. The van der Waals surface area contributed by atoms with Gasteiger partial charge in [0.15, 0.2) is 0 Å². The van der Waals surface area contributed by atoms with Crippen LogP contribution in [0, 0.1) is 6.92 Å². The predicted octanol–water partition coefficient (Wildman–Crippen LogP) is 2.81. The molecule has 0 aliphatic carbocycles. The Morgan fingerprint density at radius 1 is 1.33 bits per heavy atom. The zero-order chi connectivity index (χ0) is 14.8. The van der Waals surface area contributed by atoms with Crippen LogP contribution in [0.5, 0.6) is 0 Å². The molecule has 21 heavy (non-hydrogen) atoms. The molecular formula is C16H19N3O2. The molecule has 0 bridgehead atoms. The van der Waals surface area contributed by atoms with Gasteiger partial charge in [0.05, 0.1) is 12.8 Å². The SMILES string of the molecule is CCCc1nc(C)c2c(n1)N(Cc1ccco1)C(=O)CC2. The van der Waals surface area contributed by atoms with Crippen molar-refractivity contribution >= 4 is 11.7 Å². The van der Waals surface area contributed by atoms with E-state index in [4.69, 9.17) is 4.42 Å². The lowest BCUT2D eigenvalue weighted by atomic mass is 10.0. The molecule has 0 saturated heterocycles. The van der Waals surface area contributed by atoms with Gasteiger partial charge in [0.25, 0.3) is 0 Å². The van der Waals surface area contributed by atoms with Gasteiger partial charge in [0, 0.05) is 24.1 Å². The summed E-state index contributed by atoms with van der Waals surface area (Å²) in [7, 11) is 0. The second-order valence-electron chi connectivity index (χ2n) is 5.34. The van der Waals surface area contributed by atoms with Crippen molar-refractivity contribution in [3.63, 3.8) is 0 Å². The molecule has 0 saturated carbocycles. The Labute approximate surface area is 124 Å². The van der Waals surface area contributed by atoms with E-state index in [0.29, 0.717) is 13.0 Å². The minimum atomic E-state index is 0.0967. The minimum Gasteiger partial charge on any atom is -0.467 e. The number of furan rings is 1. The molecule has 0 N–H and O–H groups in total. The number of hydrogen-bond acceptors (Lipinski definition) is 4. The van der Waals surface area contributed by atoms with E-state index >= 15 is 0 Å². The molecular weight excluding hydrogens is 266 g/mol. The summed E-state index contributed by atoms with van der Waals surface area (Å²) < 4.78 is 5.37. The van der Waals surface area contributed by atoms with E-state index in [0.717, 1.165) is 47.9 Å². The molecule has 1 aliphatic heterocycles. The number of carbonyl (C=O) groups excluding carboxylic acids is 1. The van der Waals surface area contributed by atoms with Crippen molar-refractivity contribution in [3.05, 3.63) is 41.2 Å². The summed E-state index contributed by atoms with van der Waals surface area (Å²) in [5.41, 5.74) is 2.07. The van der Waals surface area contributed by atoms with Crippen molar-refractivity contribution in [2.45, 2.75) is 46.1 Å². The first kappa shape index (κ1) is 13.8. The highest BCUT2D eigenvalue weighted by atomic mass is 16.3. The summed E-state index contributed by atoms with van der Waals surface area (Å²) in [4.78, 5) is 23.2. The Morgan fingerprint density at radius 3 is 2.90 bits per heavy atom. The Bertz CT molecular complexity index is 650. The molecule has 2 aromatic heterocycles. The highest BCUT2D eigenvalue weighted by Gasteiger charge is 2.28. The molecule has 110 valence electrons. The van der Waals surface area contributed by atoms with E-state index in [1.807, 2.05) is 19.1 Å². The summed E-state index contributed by atoms with van der Waals surface area (Å²) in [6.45, 7) is 4.53. The van der Waals surface area contributed by atoms with Crippen molar-refractivity contribution in [2.75, 3.05) is 4.90 Å². The average Bonchev–Trinajstić information content (AvgIpc) is 2.95. The van der Waals surface area contributed by atoms with Crippen molar-refractivity contribution in [2.24, 2.45) is 0 Å². The van der Waals surface area contributed by atoms with E-state index in [9.17, 15) is 4.79 Å². The zero-order valence-corrected chi connectivity index (χ0v) is 12.4. The molecule has 5 nitrogen and oxygen atoms in total. The van der Waals surface area contributed by atoms with Crippen molar-refractivity contribution in [1.82, 2.24) is 9.97 Å². The first-order valence-electron chi connectivity index (χ1n) is 7.38. The number of rotatable bonds is 4. The van der Waals surface area contributed by atoms with Crippen molar-refractivity contribution in [3.8, 4) is 0 Å². The molecule has 1 aliphatic rings. The number of carbonyl (C=O) groups is 1. The van der Waals surface area contributed by atoms with Crippen LogP contribution in [0.4, 0.5) is 5.82 Å². The lowest BCUT2D eigenvalue weighted by molar-refractivity contribution is -0.119. The van der Waals surface area contributed by atoms with Crippen molar-refractivity contribution < 1.29 is 9.21 Å². The van der Waals surface area contributed by atoms with Crippen LogP contribution in [0.25, 0.3) is 0 Å². The van der Waals surface area contributed by atoms with Crippen molar-refractivity contribution in [1.29, 1.82) is 0 Å². The van der Waals surface area contributed by atoms with E-state index in [1.54, 1.807) is 11.2 Å². The Balaban J connectivity index is 2.00. The van der Waals surface area contributed by atoms with Crippen LogP contribution in [-0.2, 0) is 24.2 Å². The minimum absolute atomic E-state index is 0.0967. The fourth-order valence-electron chi connectivity index (χ4n) is 2.70. The molecule has 1 amide bonds. The van der Waals surface area contributed by atoms with E-state index in [-0.39, 0.29) is 5.91 Å². The molecule has 0 fully saturated rings. The Hall–Kier alpha value is -2.17. The van der Waals surface area contributed by atoms with Crippen LogP contribution >= 0.6 is 0 Å². The summed E-state index contributed by atoms with van der Waals surface area (Å²) in [5, 5.41) is 0. The summed E-state index contributed by atoms with van der Waals surface area (Å²) >= 11 is 0. The standard InChI is InChI=1S/C16H19N3O2/c1-3-5-14-17-11(2)13-7-8-15(20)19(16(13)18-14)10-12-6-4-9-21-12/h4,6,9H,3,5,7-8,10H2,1-2H3. The van der Waals surface area contributed by atoms with Gasteiger partial charge in [-0.15, -0.1) is 0 Å². The molecule has 3 rings (SSSR count). The molecule has 0 radical (unpaired) electrons. The van der Waals surface area contributed by atoms with Gasteiger partial charge in [-0.1, -0.05) is 6.92 Å². The zero-order valence-electron chi connectivity index (χ0n) is 12.4. The van der Waals surface area contributed by atoms with Crippen LogP contribution in [0.1, 0.15) is 42.6 Å². The van der Waals surface area contributed by atoms with Gasteiger partial charge >= 0.3 is 0 Å². The second kappa shape index (κ2) is 5.68. The van der Waals surface area contributed by atoms with Gasteiger partial charge in [-0.05, 0) is 31.9 Å². The molecule has 3 heterocycles. The van der Waals surface area contributed by atoms with E-state index in [1.165, 1.54) is 0 Å². The third-order valence-corrected chi connectivity index (χ3v) is 3.75. The molecule has 2 aromatic rings. The van der Waals surface area contributed by atoms with Gasteiger partial charge in [-0.3, -0.25) is 9.69 Å². The number of aromatic nitrogens is 2. The monoisotopic (exact) mass is 285 g/mol. The Morgan fingerprint density at radius 2 is 2.19 bits per heavy atom. The normalized spacial score (nSPS) is 14.4. The average molecular weight is 285 g/mol. The van der Waals surface area contributed by atoms with Crippen LogP contribution in [0.2, 0.25) is 0 Å². The van der Waals surface area contributed by atoms with E-state index < -0.39 is 0 Å². The Kier molecular flexibility index (Phi) is 3.73. The first-order chi connectivity index (χ1) is 10.2. The summed E-state index contributed by atoms with van der Waals surface area (Å²) in [6, 6.07) is 3.71. The third-order valence-electron chi connectivity index (χ3n) is 3.75. The van der Waals surface area contributed by atoms with Gasteiger partial charge in [-0.25, -0.2) is 9.97 Å². The number of hydrogen-bond donors (Lipinski definition) is 0. The van der Waals surface area contributed by atoms with Crippen LogP contribution < -0.4 is 4.90 Å². The fraction of sp³-hybridized carbons (Fsp3) is 0.438. The van der Waals surface area contributed by atoms with Gasteiger partial charge in [0.1, 0.15) is 17.4 Å². The molecule has 0 aromatic carbocycles. The predicted molar refractivity (Wildman–Crippen MR) is 79.0 cm³/mol. The fourth-order valence-corrected chi connectivity index (χ4v) is 2.70. The molecule has 0 spiro atoms. The summed E-state index contributed by atoms with van der Waals surface area (Å²) in [6.07, 6.45) is 4.67. The van der Waals surface area contributed by atoms with Gasteiger partial charge < -0.3 is 4.42 Å². The molecule has 0 unspecified atom stereocenters. The number of fused-ring (bicyclic) bond motifs is 1. The third kappa shape index (κ3) is 2.68. The lowest BCUT2D eigenvalue weighted by Crippen LogP contribution is -2.36. The van der Waals surface area contributed by atoms with Gasteiger partial charge in [-0.2, -0.15) is 0 Å². The van der Waals surface area contributed by atoms with Gasteiger partial charge in [0.2, 0.25) is 5.91 Å². The largest absolute Gasteiger partial charge is 0.467 e. The maximum atomic E-state index is 12.3. The number of aryl methyl sites for hydroxylation is 2. The van der Waals surface area contributed by atoms with Crippen LogP contribution in [0.3, 0.4) is 0 Å². The number of nitrogens with zero attached hydrogens (tertiary/aromatic N) is 3. The highest BCUT2D eigenvalue weighted by Crippen LogP contribution is 2.29. The van der Waals surface area contributed by atoms with Crippen LogP contribution in [-0.4, -0.2) is 15.9 Å². The second-order valence-corrected chi connectivity index (χ2v) is 5.34. The quantitative estimate of drug-likeness (QED) is 0.866. The first-order valence-corrected chi connectivity index (χ1v) is 7.38.